The number of hydrogen-bond donors (Lipinski definition) is 1. The van der Waals surface area contributed by atoms with Gasteiger partial charge in [0.15, 0.2) is 0 Å². The minimum Gasteiger partial charge on any atom is -0.507 e. The van der Waals surface area contributed by atoms with Gasteiger partial charge in [-0.15, -0.1) is 0 Å². The summed E-state index contributed by atoms with van der Waals surface area (Å²) in [6.45, 7) is 7.67. The van der Waals surface area contributed by atoms with Crippen molar-refractivity contribution in [2.24, 2.45) is 0 Å². The van der Waals surface area contributed by atoms with Crippen LogP contribution in [0.5, 0.6) is 11.5 Å². The lowest BCUT2D eigenvalue weighted by molar-refractivity contribution is -0.140. The van der Waals surface area contributed by atoms with Crippen LogP contribution in [-0.2, 0) is 14.3 Å². The molecule has 8 heteroatoms. The highest BCUT2D eigenvalue weighted by atomic mass is 16.5. The Hall–Kier alpha value is -3.36. The van der Waals surface area contributed by atoms with Gasteiger partial charge in [-0.3, -0.25) is 14.5 Å². The molecule has 0 unspecified atom stereocenters. The first kappa shape index (κ1) is 24.8. The van der Waals surface area contributed by atoms with Gasteiger partial charge >= 0.3 is 0 Å². The number of Topliss-reactive ketones (excluding diaryl/α,β-unsaturated/α-hetero) is 1. The maximum absolute atomic E-state index is 13.2. The van der Waals surface area contributed by atoms with Gasteiger partial charge in [0.2, 0.25) is 0 Å². The molecule has 2 aliphatic rings. The van der Waals surface area contributed by atoms with E-state index in [4.69, 9.17) is 14.2 Å². The molecule has 0 bridgehead atoms. The Bertz CT molecular complexity index is 1090. The molecule has 2 aromatic rings. The largest absolute Gasteiger partial charge is 0.507 e. The van der Waals surface area contributed by atoms with Gasteiger partial charge in [-0.2, -0.15) is 0 Å². The second-order valence-electron chi connectivity index (χ2n) is 8.91. The molecule has 8 nitrogen and oxygen atoms in total. The fourth-order valence-corrected chi connectivity index (χ4v) is 4.46. The van der Waals surface area contributed by atoms with Crippen LogP contribution in [0.15, 0.2) is 54.1 Å². The standard InChI is InChI=1S/C27H32N2O6/c1-18(2)35-21-9-7-19(8-10-21)25(30)23-24(20-5-4-6-22(17-20)33-3)29(27(32)26(23)31)12-11-28-13-15-34-16-14-28/h4-10,17-18,24,30H,11-16H2,1-3H3/t24-/m1/s1. The van der Waals surface area contributed by atoms with Gasteiger partial charge in [0.05, 0.1) is 38.0 Å². The highest BCUT2D eigenvalue weighted by Crippen LogP contribution is 2.40. The number of hydrogen-bond acceptors (Lipinski definition) is 7. The molecule has 1 atom stereocenters. The summed E-state index contributed by atoms with van der Waals surface area (Å²) in [5.74, 6) is -0.253. The molecule has 2 aliphatic heterocycles. The maximum atomic E-state index is 13.2. The molecule has 0 aliphatic carbocycles. The lowest BCUT2D eigenvalue weighted by Gasteiger charge is -2.31. The summed E-state index contributed by atoms with van der Waals surface area (Å²) in [6.07, 6.45) is 0.0132. The number of benzene rings is 2. The van der Waals surface area contributed by atoms with Gasteiger partial charge in [0, 0.05) is 31.7 Å². The van der Waals surface area contributed by atoms with E-state index >= 15 is 0 Å². The van der Waals surface area contributed by atoms with Crippen LogP contribution in [0.3, 0.4) is 0 Å². The van der Waals surface area contributed by atoms with E-state index < -0.39 is 17.7 Å². The topological polar surface area (TPSA) is 88.5 Å². The SMILES string of the molecule is COc1cccc([C@@H]2C(=C(O)c3ccc(OC(C)C)cc3)C(=O)C(=O)N2CCN2CCOCC2)c1. The highest BCUT2D eigenvalue weighted by molar-refractivity contribution is 6.46. The number of likely N-dealkylation sites (tertiary alicyclic amines) is 1. The number of morpholine rings is 1. The van der Waals surface area contributed by atoms with Crippen molar-refractivity contribution in [1.82, 2.24) is 9.80 Å². The van der Waals surface area contributed by atoms with Crippen LogP contribution < -0.4 is 9.47 Å². The minimum absolute atomic E-state index is 0.0132. The number of carbonyl (C=O) groups excluding carboxylic acids is 2. The number of amides is 1. The Morgan fingerprint density at radius 3 is 2.43 bits per heavy atom. The summed E-state index contributed by atoms with van der Waals surface area (Å²) in [5.41, 5.74) is 1.22. The van der Waals surface area contributed by atoms with Crippen molar-refractivity contribution in [2.45, 2.75) is 26.0 Å². The number of aliphatic hydroxyl groups excluding tert-OH is 1. The van der Waals surface area contributed by atoms with Crippen molar-refractivity contribution in [3.63, 3.8) is 0 Å². The van der Waals surface area contributed by atoms with Crippen LogP contribution in [0.4, 0.5) is 0 Å². The maximum Gasteiger partial charge on any atom is 0.295 e. The zero-order chi connectivity index (χ0) is 24.9. The van der Waals surface area contributed by atoms with Gasteiger partial charge in [-0.1, -0.05) is 12.1 Å². The van der Waals surface area contributed by atoms with E-state index in [1.165, 1.54) is 0 Å². The van der Waals surface area contributed by atoms with Crippen LogP contribution in [0.2, 0.25) is 0 Å². The molecular weight excluding hydrogens is 448 g/mol. The van der Waals surface area contributed by atoms with E-state index in [2.05, 4.69) is 4.90 Å². The molecule has 1 amide bonds. The zero-order valence-electron chi connectivity index (χ0n) is 20.4. The van der Waals surface area contributed by atoms with Crippen molar-refractivity contribution in [3.05, 3.63) is 65.2 Å². The first-order chi connectivity index (χ1) is 16.9. The third-order valence-electron chi connectivity index (χ3n) is 6.21. The summed E-state index contributed by atoms with van der Waals surface area (Å²) < 4.78 is 16.5. The second-order valence-corrected chi connectivity index (χ2v) is 8.91. The third kappa shape index (κ3) is 5.49. The summed E-state index contributed by atoms with van der Waals surface area (Å²) in [5, 5.41) is 11.3. The van der Waals surface area contributed by atoms with Gasteiger partial charge < -0.3 is 24.2 Å². The first-order valence-electron chi connectivity index (χ1n) is 11.9. The number of rotatable bonds is 8. The van der Waals surface area contributed by atoms with Crippen LogP contribution in [0.25, 0.3) is 5.76 Å². The molecule has 0 radical (unpaired) electrons. The molecule has 2 fully saturated rings. The molecule has 2 saturated heterocycles. The van der Waals surface area contributed by atoms with Gasteiger partial charge in [-0.05, 0) is 55.8 Å². The fourth-order valence-electron chi connectivity index (χ4n) is 4.46. The summed E-state index contributed by atoms with van der Waals surface area (Å²) in [7, 11) is 1.56. The van der Waals surface area contributed by atoms with Crippen LogP contribution in [0.1, 0.15) is 31.0 Å². The van der Waals surface area contributed by atoms with Crippen LogP contribution in [-0.4, -0.2) is 79.2 Å². The number of nitrogens with zero attached hydrogens (tertiary/aromatic N) is 2. The number of ether oxygens (including phenoxy) is 3. The summed E-state index contributed by atoms with van der Waals surface area (Å²) in [4.78, 5) is 30.2. The molecule has 0 saturated carbocycles. The first-order valence-corrected chi connectivity index (χ1v) is 11.9. The highest BCUT2D eigenvalue weighted by Gasteiger charge is 2.46. The summed E-state index contributed by atoms with van der Waals surface area (Å²) in [6, 6.07) is 13.4. The average molecular weight is 481 g/mol. The molecule has 186 valence electrons. The second kappa shape index (κ2) is 10.9. The molecule has 1 N–H and O–H groups in total. The smallest absolute Gasteiger partial charge is 0.295 e. The molecule has 2 heterocycles. The van der Waals surface area contributed by atoms with Crippen LogP contribution in [0, 0.1) is 0 Å². The Morgan fingerprint density at radius 2 is 1.77 bits per heavy atom. The van der Waals surface area contributed by atoms with E-state index in [9.17, 15) is 14.7 Å². The van der Waals surface area contributed by atoms with Crippen LogP contribution >= 0.6 is 0 Å². The van der Waals surface area contributed by atoms with E-state index in [-0.39, 0.29) is 17.4 Å². The number of carbonyl (C=O) groups is 2. The van der Waals surface area contributed by atoms with E-state index in [0.717, 1.165) is 13.1 Å². The molecule has 2 aromatic carbocycles. The quantitative estimate of drug-likeness (QED) is 0.353. The molecule has 4 rings (SSSR count). The molecular formula is C27H32N2O6. The van der Waals surface area contributed by atoms with Crippen molar-refractivity contribution >= 4 is 17.4 Å². The van der Waals surface area contributed by atoms with Crippen molar-refractivity contribution in [2.75, 3.05) is 46.5 Å². The van der Waals surface area contributed by atoms with Crippen molar-refractivity contribution < 1.29 is 28.9 Å². The molecule has 0 aromatic heterocycles. The minimum atomic E-state index is -0.724. The summed E-state index contributed by atoms with van der Waals surface area (Å²) >= 11 is 0. The Balaban J connectivity index is 1.71. The fraction of sp³-hybridized carbons (Fsp3) is 0.407. The number of ketones is 1. The normalized spacial score (nSPS) is 20.5. The van der Waals surface area contributed by atoms with E-state index in [1.54, 1.807) is 48.4 Å². The van der Waals surface area contributed by atoms with Gasteiger partial charge in [-0.25, -0.2) is 0 Å². The lowest BCUT2D eigenvalue weighted by Crippen LogP contribution is -2.42. The monoisotopic (exact) mass is 480 g/mol. The number of methoxy groups -OCH3 is 1. The molecule has 35 heavy (non-hydrogen) atoms. The van der Waals surface area contributed by atoms with Gasteiger partial charge in [0.25, 0.3) is 11.7 Å². The predicted octanol–water partition coefficient (Wildman–Crippen LogP) is 3.24. The Labute approximate surface area is 205 Å². The Morgan fingerprint density at radius 1 is 1.06 bits per heavy atom. The number of aliphatic hydroxyl groups is 1. The van der Waals surface area contributed by atoms with Gasteiger partial charge in [0.1, 0.15) is 17.3 Å². The lowest BCUT2D eigenvalue weighted by atomic mass is 9.95. The molecule has 0 spiro atoms. The zero-order valence-corrected chi connectivity index (χ0v) is 20.4. The Kier molecular flexibility index (Phi) is 7.73. The van der Waals surface area contributed by atoms with E-state index in [1.807, 2.05) is 26.0 Å². The predicted molar refractivity (Wildman–Crippen MR) is 131 cm³/mol. The van der Waals surface area contributed by atoms with Crippen molar-refractivity contribution in [3.8, 4) is 11.5 Å². The average Bonchev–Trinajstić information content (AvgIpc) is 3.12. The third-order valence-corrected chi connectivity index (χ3v) is 6.21. The van der Waals surface area contributed by atoms with Crippen molar-refractivity contribution in [1.29, 1.82) is 0 Å². The van der Waals surface area contributed by atoms with E-state index in [0.29, 0.717) is 48.9 Å².